The molecule has 6 nitrogen and oxygen atoms in total. The Hall–Kier alpha value is -0.0231. The van der Waals surface area contributed by atoms with Gasteiger partial charge in [0.1, 0.15) is 0 Å². The van der Waals surface area contributed by atoms with E-state index in [1.807, 2.05) is 20.8 Å². The molecule has 0 unspecified atom stereocenters. The predicted molar refractivity (Wildman–Crippen MR) is 94.2 cm³/mol. The molecule has 0 rings (SSSR count). The Morgan fingerprint density at radius 1 is 0.913 bits per heavy atom. The molecule has 0 spiro atoms. The van der Waals surface area contributed by atoms with Crippen molar-refractivity contribution in [2.75, 3.05) is 33.0 Å². The summed E-state index contributed by atoms with van der Waals surface area (Å²) < 4.78 is 18.3. The summed E-state index contributed by atoms with van der Waals surface area (Å²) in [6.45, 7) is 11.6. The summed E-state index contributed by atoms with van der Waals surface area (Å²) in [5.41, 5.74) is 5.16. The lowest BCUT2D eigenvalue weighted by molar-refractivity contribution is -0.0439. The predicted octanol–water partition coefficient (Wildman–Crippen LogP) is 1.91. The minimum atomic E-state index is -2.91. The van der Waals surface area contributed by atoms with E-state index in [1.165, 1.54) is 0 Å². The largest absolute Gasteiger partial charge is 0.501 e. The van der Waals surface area contributed by atoms with Crippen molar-refractivity contribution in [3.05, 3.63) is 0 Å². The van der Waals surface area contributed by atoms with Crippen molar-refractivity contribution in [2.24, 2.45) is 11.1 Å². The zero-order valence-electron chi connectivity index (χ0n) is 15.6. The van der Waals surface area contributed by atoms with Crippen molar-refractivity contribution >= 4 is 8.80 Å². The Morgan fingerprint density at radius 2 is 1.39 bits per heavy atom. The van der Waals surface area contributed by atoms with E-state index in [0.29, 0.717) is 38.6 Å². The maximum atomic E-state index is 9.34. The summed E-state index contributed by atoms with van der Waals surface area (Å²) in [5.74, 6) is 0. The molecule has 0 aliphatic rings. The standard InChI is InChI=1S/C16H37NO5Si/c1-6-20-23(21-7-2,13-10-15(3,4)14-17)22-16(5,8-11-18)9-12-19/h18-19H,6-14,17H2,1-5H3. The van der Waals surface area contributed by atoms with Gasteiger partial charge in [-0.05, 0) is 52.0 Å². The molecule has 0 radical (unpaired) electrons. The normalized spacial score (nSPS) is 13.6. The maximum Gasteiger partial charge on any atom is 0.501 e. The van der Waals surface area contributed by atoms with E-state index in [9.17, 15) is 10.2 Å². The first-order valence-corrected chi connectivity index (χ1v) is 10.5. The Labute approximate surface area is 142 Å². The van der Waals surface area contributed by atoms with E-state index in [0.717, 1.165) is 6.42 Å². The third-order valence-electron chi connectivity index (χ3n) is 4.07. The molecule has 140 valence electrons. The minimum absolute atomic E-state index is 0.00643. The van der Waals surface area contributed by atoms with Crippen LogP contribution in [0.5, 0.6) is 0 Å². The van der Waals surface area contributed by atoms with E-state index < -0.39 is 14.4 Å². The second-order valence-electron chi connectivity index (χ2n) is 6.92. The Morgan fingerprint density at radius 3 is 1.74 bits per heavy atom. The van der Waals surface area contributed by atoms with Crippen molar-refractivity contribution < 1.29 is 23.5 Å². The van der Waals surface area contributed by atoms with Gasteiger partial charge in [0.15, 0.2) is 0 Å². The summed E-state index contributed by atoms with van der Waals surface area (Å²) in [5, 5.41) is 18.7. The van der Waals surface area contributed by atoms with Gasteiger partial charge in [-0.3, -0.25) is 0 Å². The molecule has 0 bridgehead atoms. The molecule has 23 heavy (non-hydrogen) atoms. The second-order valence-corrected chi connectivity index (χ2v) is 9.56. The fraction of sp³-hybridized carbons (Fsp3) is 1.00. The Kier molecular flexibility index (Phi) is 10.8. The monoisotopic (exact) mass is 351 g/mol. The fourth-order valence-electron chi connectivity index (χ4n) is 2.40. The molecule has 0 aromatic heterocycles. The van der Waals surface area contributed by atoms with Gasteiger partial charge in [-0.15, -0.1) is 0 Å². The van der Waals surface area contributed by atoms with Crippen LogP contribution in [-0.2, 0) is 13.3 Å². The number of hydrogen-bond donors (Lipinski definition) is 3. The number of hydrogen-bond acceptors (Lipinski definition) is 6. The highest BCUT2D eigenvalue weighted by Gasteiger charge is 2.47. The molecular weight excluding hydrogens is 314 g/mol. The quantitative estimate of drug-likeness (QED) is 0.414. The van der Waals surface area contributed by atoms with Gasteiger partial charge in [-0.2, -0.15) is 0 Å². The van der Waals surface area contributed by atoms with Gasteiger partial charge in [-0.1, -0.05) is 13.8 Å². The van der Waals surface area contributed by atoms with E-state index in [1.54, 1.807) is 0 Å². The SMILES string of the molecule is CCO[Si](CCC(C)(C)CN)(OCC)OC(C)(CCO)CCO. The van der Waals surface area contributed by atoms with Crippen molar-refractivity contribution in [3.8, 4) is 0 Å². The average Bonchev–Trinajstić information content (AvgIpc) is 2.46. The van der Waals surface area contributed by atoms with Gasteiger partial charge in [0.2, 0.25) is 0 Å². The molecule has 7 heteroatoms. The average molecular weight is 352 g/mol. The molecule has 0 saturated heterocycles. The van der Waals surface area contributed by atoms with Crippen LogP contribution in [0.2, 0.25) is 6.04 Å². The number of aliphatic hydroxyl groups excluding tert-OH is 2. The molecule has 0 heterocycles. The number of aliphatic hydroxyl groups is 2. The third kappa shape index (κ3) is 8.58. The first-order chi connectivity index (χ1) is 10.7. The molecule has 0 fully saturated rings. The van der Waals surface area contributed by atoms with Gasteiger partial charge in [0.05, 0.1) is 5.60 Å². The molecule has 0 aliphatic heterocycles. The lowest BCUT2D eigenvalue weighted by atomic mass is 9.91. The summed E-state index contributed by atoms with van der Waals surface area (Å²) >= 11 is 0. The first-order valence-electron chi connectivity index (χ1n) is 8.62. The highest BCUT2D eigenvalue weighted by atomic mass is 28.4. The Balaban J connectivity index is 5.28. The first kappa shape index (κ1) is 23.0. The smallest absolute Gasteiger partial charge is 0.396 e. The summed E-state index contributed by atoms with van der Waals surface area (Å²) in [4.78, 5) is 0. The molecule has 0 atom stereocenters. The van der Waals surface area contributed by atoms with E-state index >= 15 is 0 Å². The maximum absolute atomic E-state index is 9.34. The number of rotatable bonds is 14. The van der Waals surface area contributed by atoms with E-state index in [-0.39, 0.29) is 18.6 Å². The van der Waals surface area contributed by atoms with Crippen molar-refractivity contribution in [1.82, 2.24) is 0 Å². The highest BCUT2D eigenvalue weighted by Crippen LogP contribution is 2.33. The minimum Gasteiger partial charge on any atom is -0.396 e. The zero-order chi connectivity index (χ0) is 18.0. The molecule has 0 aromatic rings. The van der Waals surface area contributed by atoms with Gasteiger partial charge in [-0.25, -0.2) is 0 Å². The highest BCUT2D eigenvalue weighted by molar-refractivity contribution is 6.60. The van der Waals surface area contributed by atoms with Gasteiger partial charge in [0.25, 0.3) is 0 Å². The van der Waals surface area contributed by atoms with Crippen LogP contribution in [-0.4, -0.2) is 57.6 Å². The van der Waals surface area contributed by atoms with Crippen molar-refractivity contribution in [3.63, 3.8) is 0 Å². The molecule has 0 amide bonds. The summed E-state index contributed by atoms with van der Waals surface area (Å²) in [6.07, 6.45) is 1.70. The topological polar surface area (TPSA) is 94.2 Å². The zero-order valence-corrected chi connectivity index (χ0v) is 16.6. The number of nitrogens with two attached hydrogens (primary N) is 1. The van der Waals surface area contributed by atoms with Crippen molar-refractivity contribution in [2.45, 2.75) is 65.5 Å². The summed E-state index contributed by atoms with van der Waals surface area (Å²) in [7, 11) is -2.91. The molecule has 0 saturated carbocycles. The summed E-state index contributed by atoms with van der Waals surface area (Å²) in [6, 6.07) is 0.672. The third-order valence-corrected chi connectivity index (χ3v) is 7.20. The van der Waals surface area contributed by atoms with Crippen LogP contribution < -0.4 is 5.73 Å². The van der Waals surface area contributed by atoms with Crippen LogP contribution in [0.3, 0.4) is 0 Å². The van der Waals surface area contributed by atoms with Crippen LogP contribution >= 0.6 is 0 Å². The molecular formula is C16H37NO5Si. The van der Waals surface area contributed by atoms with Gasteiger partial charge < -0.3 is 29.2 Å². The fourth-order valence-corrected chi connectivity index (χ4v) is 5.81. The van der Waals surface area contributed by atoms with Gasteiger partial charge in [0, 0.05) is 32.5 Å². The van der Waals surface area contributed by atoms with Crippen LogP contribution in [0.1, 0.15) is 53.9 Å². The Bertz CT molecular complexity index is 303. The van der Waals surface area contributed by atoms with Crippen LogP contribution in [0, 0.1) is 5.41 Å². The lowest BCUT2D eigenvalue weighted by Crippen LogP contribution is -2.53. The second kappa shape index (κ2) is 10.8. The van der Waals surface area contributed by atoms with Gasteiger partial charge >= 0.3 is 8.80 Å². The van der Waals surface area contributed by atoms with E-state index in [2.05, 4.69) is 13.8 Å². The van der Waals surface area contributed by atoms with Crippen LogP contribution in [0.25, 0.3) is 0 Å². The molecule has 0 aromatic carbocycles. The van der Waals surface area contributed by atoms with Crippen molar-refractivity contribution in [1.29, 1.82) is 0 Å². The van der Waals surface area contributed by atoms with E-state index in [4.69, 9.17) is 19.0 Å². The van der Waals surface area contributed by atoms with Crippen LogP contribution in [0.4, 0.5) is 0 Å². The van der Waals surface area contributed by atoms with Crippen LogP contribution in [0.15, 0.2) is 0 Å². The molecule has 0 aliphatic carbocycles. The lowest BCUT2D eigenvalue weighted by Gasteiger charge is -2.40. The molecule has 4 N–H and O–H groups in total.